The number of anilines is 3. The molecule has 0 unspecified atom stereocenters. The summed E-state index contributed by atoms with van der Waals surface area (Å²) in [4.78, 5) is 2.51. The first-order valence-electron chi connectivity index (χ1n) is 19.9. The van der Waals surface area contributed by atoms with Gasteiger partial charge in [-0.3, -0.25) is 0 Å². The van der Waals surface area contributed by atoms with Crippen molar-refractivity contribution in [2.75, 3.05) is 4.90 Å². The Balaban J connectivity index is 1.20. The molecular weight excluding hydrogens is 651 g/mol. The molecule has 3 aliphatic carbocycles. The van der Waals surface area contributed by atoms with Gasteiger partial charge < -0.3 is 4.90 Å². The molecule has 0 heterocycles. The van der Waals surface area contributed by atoms with Crippen LogP contribution in [0.1, 0.15) is 91.8 Å². The minimum atomic E-state index is -0.461. The van der Waals surface area contributed by atoms with Crippen LogP contribution in [0.4, 0.5) is 17.1 Å². The smallest absolute Gasteiger partial charge is 0.0714 e. The maximum Gasteiger partial charge on any atom is 0.0714 e. The monoisotopic (exact) mass is 697 g/mol. The molecule has 1 saturated carbocycles. The van der Waals surface area contributed by atoms with Crippen LogP contribution in [0.2, 0.25) is 0 Å². The van der Waals surface area contributed by atoms with Crippen molar-refractivity contribution in [2.45, 2.75) is 69.1 Å². The minimum absolute atomic E-state index is 0.0949. The van der Waals surface area contributed by atoms with E-state index in [4.69, 9.17) is 0 Å². The van der Waals surface area contributed by atoms with Crippen LogP contribution in [0.25, 0.3) is 22.3 Å². The molecule has 0 N–H and O–H groups in total. The summed E-state index contributed by atoms with van der Waals surface area (Å²) in [6, 6.07) is 64.3. The highest BCUT2D eigenvalue weighted by Crippen LogP contribution is 2.58. The van der Waals surface area contributed by atoms with Gasteiger partial charge in [0.15, 0.2) is 0 Å². The zero-order chi connectivity index (χ0) is 36.5. The minimum Gasteiger partial charge on any atom is -0.310 e. The van der Waals surface area contributed by atoms with Crippen LogP contribution in [-0.2, 0) is 16.2 Å². The third-order valence-corrected chi connectivity index (χ3v) is 13.3. The third-order valence-electron chi connectivity index (χ3n) is 13.3. The third kappa shape index (κ3) is 4.84. The molecule has 7 aromatic carbocycles. The van der Waals surface area contributed by atoms with Gasteiger partial charge in [-0.15, -0.1) is 0 Å². The van der Waals surface area contributed by atoms with E-state index in [-0.39, 0.29) is 10.8 Å². The standard InChI is InChI=1S/C53H47N/c1-51(2)47-23-13-11-21-43(47)45-31-29-41(35-49(45)51)54(40-27-25-37(26-28-40)52(3)33-15-6-16-34-52)42-30-32-46-44-22-12-14-24-48(44)53(50(46)36-42,38-17-7-4-8-18-38)39-19-9-5-10-20-39/h4-5,7-14,17-32,35-36H,6,15-16,33-34H2,1-3H3. The zero-order valence-corrected chi connectivity index (χ0v) is 31.6. The molecule has 10 rings (SSSR count). The first kappa shape index (κ1) is 32.9. The van der Waals surface area contributed by atoms with Gasteiger partial charge in [0.05, 0.1) is 5.41 Å². The Bertz CT molecular complexity index is 2460. The van der Waals surface area contributed by atoms with Crippen molar-refractivity contribution in [3.05, 3.63) is 209 Å². The molecule has 7 aromatic rings. The summed E-state index contributed by atoms with van der Waals surface area (Å²) in [6.45, 7) is 7.24. The second kappa shape index (κ2) is 12.5. The van der Waals surface area contributed by atoms with E-state index in [1.807, 2.05) is 0 Å². The van der Waals surface area contributed by atoms with Crippen LogP contribution in [0, 0.1) is 0 Å². The Morgan fingerprint density at radius 3 is 1.44 bits per heavy atom. The zero-order valence-electron chi connectivity index (χ0n) is 31.6. The van der Waals surface area contributed by atoms with Gasteiger partial charge in [-0.05, 0) is 116 Å². The van der Waals surface area contributed by atoms with E-state index >= 15 is 0 Å². The van der Waals surface area contributed by atoms with E-state index < -0.39 is 5.41 Å². The Labute approximate surface area is 321 Å². The summed E-state index contributed by atoms with van der Waals surface area (Å²) in [5.74, 6) is 0. The number of fused-ring (bicyclic) bond motifs is 6. The fourth-order valence-corrected chi connectivity index (χ4v) is 10.5. The lowest BCUT2D eigenvalue weighted by Gasteiger charge is -2.36. The van der Waals surface area contributed by atoms with Gasteiger partial charge in [0.2, 0.25) is 0 Å². The van der Waals surface area contributed by atoms with Crippen molar-refractivity contribution in [3.8, 4) is 22.3 Å². The van der Waals surface area contributed by atoms with Crippen LogP contribution in [0.15, 0.2) is 170 Å². The molecule has 0 bridgehead atoms. The van der Waals surface area contributed by atoms with Crippen molar-refractivity contribution in [3.63, 3.8) is 0 Å². The van der Waals surface area contributed by atoms with E-state index in [1.165, 1.54) is 110 Å². The Kier molecular flexibility index (Phi) is 7.60. The average molecular weight is 698 g/mol. The van der Waals surface area contributed by atoms with Gasteiger partial charge in [0.1, 0.15) is 0 Å². The molecule has 1 heteroatoms. The van der Waals surface area contributed by atoms with Crippen molar-refractivity contribution in [1.29, 1.82) is 0 Å². The molecular formula is C53H47N. The topological polar surface area (TPSA) is 3.24 Å². The number of nitrogens with zero attached hydrogens (tertiary/aromatic N) is 1. The number of benzene rings is 7. The first-order valence-corrected chi connectivity index (χ1v) is 19.9. The second-order valence-corrected chi connectivity index (χ2v) is 16.7. The van der Waals surface area contributed by atoms with Crippen molar-refractivity contribution in [1.82, 2.24) is 0 Å². The molecule has 0 saturated heterocycles. The Hall–Kier alpha value is -5.66. The number of hydrogen-bond donors (Lipinski definition) is 0. The van der Waals surface area contributed by atoms with Gasteiger partial charge >= 0.3 is 0 Å². The molecule has 0 spiro atoms. The summed E-state index contributed by atoms with van der Waals surface area (Å²) in [6.07, 6.45) is 6.53. The fourth-order valence-electron chi connectivity index (χ4n) is 10.5. The molecule has 0 aromatic heterocycles. The molecule has 264 valence electrons. The maximum absolute atomic E-state index is 2.51. The van der Waals surface area contributed by atoms with Crippen LogP contribution >= 0.6 is 0 Å². The summed E-state index contributed by atoms with van der Waals surface area (Å²) in [5.41, 5.74) is 18.0. The van der Waals surface area contributed by atoms with Crippen molar-refractivity contribution >= 4 is 17.1 Å². The van der Waals surface area contributed by atoms with E-state index in [0.29, 0.717) is 0 Å². The van der Waals surface area contributed by atoms with Gasteiger partial charge in [-0.25, -0.2) is 0 Å². The highest BCUT2D eigenvalue weighted by molar-refractivity contribution is 5.90. The van der Waals surface area contributed by atoms with Gasteiger partial charge in [0.25, 0.3) is 0 Å². The first-order chi connectivity index (χ1) is 26.4. The predicted octanol–water partition coefficient (Wildman–Crippen LogP) is 14.0. The van der Waals surface area contributed by atoms with Crippen LogP contribution in [0.5, 0.6) is 0 Å². The van der Waals surface area contributed by atoms with E-state index in [0.717, 1.165) is 0 Å². The van der Waals surface area contributed by atoms with Crippen LogP contribution < -0.4 is 4.90 Å². The summed E-state index contributed by atoms with van der Waals surface area (Å²) in [5, 5.41) is 0. The van der Waals surface area contributed by atoms with Gasteiger partial charge in [-0.1, -0.05) is 173 Å². The number of hydrogen-bond acceptors (Lipinski definition) is 1. The summed E-state index contributed by atoms with van der Waals surface area (Å²) < 4.78 is 0. The van der Waals surface area contributed by atoms with E-state index in [2.05, 4.69) is 196 Å². The number of rotatable bonds is 6. The molecule has 0 aliphatic heterocycles. The lowest BCUT2D eigenvalue weighted by atomic mass is 9.67. The lowest BCUT2D eigenvalue weighted by molar-refractivity contribution is 0.319. The highest BCUT2D eigenvalue weighted by atomic mass is 15.1. The second-order valence-electron chi connectivity index (χ2n) is 16.7. The molecule has 3 aliphatic rings. The Morgan fingerprint density at radius 1 is 0.370 bits per heavy atom. The molecule has 54 heavy (non-hydrogen) atoms. The largest absolute Gasteiger partial charge is 0.310 e. The molecule has 0 radical (unpaired) electrons. The highest BCUT2D eigenvalue weighted by Gasteiger charge is 2.46. The SMILES string of the molecule is CC1(c2ccc(N(c3ccc4c(c3)C(C)(C)c3ccccc3-4)c3ccc4c(c3)C(c3ccccc3)(c3ccccc3)c3ccccc3-4)cc2)CCCCC1. The Morgan fingerprint density at radius 2 is 0.833 bits per heavy atom. The molecule has 0 amide bonds. The van der Waals surface area contributed by atoms with Crippen LogP contribution in [-0.4, -0.2) is 0 Å². The molecule has 1 fully saturated rings. The summed E-state index contributed by atoms with van der Waals surface area (Å²) in [7, 11) is 0. The van der Waals surface area contributed by atoms with Crippen LogP contribution in [0.3, 0.4) is 0 Å². The summed E-state index contributed by atoms with van der Waals surface area (Å²) >= 11 is 0. The van der Waals surface area contributed by atoms with Crippen molar-refractivity contribution in [2.24, 2.45) is 0 Å². The molecule has 0 atom stereocenters. The van der Waals surface area contributed by atoms with Gasteiger partial charge in [0, 0.05) is 22.5 Å². The van der Waals surface area contributed by atoms with E-state index in [9.17, 15) is 0 Å². The van der Waals surface area contributed by atoms with E-state index in [1.54, 1.807) is 0 Å². The fraction of sp³-hybridized carbons (Fsp3) is 0.208. The van der Waals surface area contributed by atoms with Crippen molar-refractivity contribution < 1.29 is 0 Å². The normalized spacial score (nSPS) is 16.9. The molecule has 1 nitrogen and oxygen atoms in total. The average Bonchev–Trinajstić information content (AvgIpc) is 3.64. The predicted molar refractivity (Wildman–Crippen MR) is 226 cm³/mol. The lowest BCUT2D eigenvalue weighted by Crippen LogP contribution is -2.28. The van der Waals surface area contributed by atoms with Gasteiger partial charge in [-0.2, -0.15) is 0 Å². The quantitative estimate of drug-likeness (QED) is 0.167. The maximum atomic E-state index is 2.51.